The molecule has 5 nitrogen and oxygen atoms in total. The number of hydrogen-bond acceptors (Lipinski definition) is 3. The lowest BCUT2D eigenvalue weighted by atomic mass is 10.2. The summed E-state index contributed by atoms with van der Waals surface area (Å²) in [6, 6.07) is 23.0. The molecule has 0 fully saturated rings. The summed E-state index contributed by atoms with van der Waals surface area (Å²) in [7, 11) is 0. The van der Waals surface area contributed by atoms with Crippen LogP contribution in [0, 0.1) is 12.7 Å². The third-order valence-corrected chi connectivity index (χ3v) is 4.50. The van der Waals surface area contributed by atoms with E-state index in [2.05, 4.69) is 10.4 Å². The Labute approximate surface area is 173 Å². The van der Waals surface area contributed by atoms with Gasteiger partial charge in [0.25, 0.3) is 5.91 Å². The largest absolute Gasteiger partial charge is 0.485 e. The second kappa shape index (κ2) is 8.61. The summed E-state index contributed by atoms with van der Waals surface area (Å²) in [6.07, 6.45) is 1.63. The van der Waals surface area contributed by atoms with E-state index >= 15 is 0 Å². The molecule has 4 rings (SSSR count). The number of hydrogen-bond donors (Lipinski definition) is 1. The number of nitrogens with one attached hydrogen (secondary N) is 1. The third kappa shape index (κ3) is 4.55. The van der Waals surface area contributed by atoms with Gasteiger partial charge in [-0.3, -0.25) is 4.79 Å². The molecule has 0 unspecified atom stereocenters. The molecule has 0 saturated carbocycles. The summed E-state index contributed by atoms with van der Waals surface area (Å²) in [5, 5.41) is 7.25. The highest BCUT2D eigenvalue weighted by atomic mass is 19.1. The van der Waals surface area contributed by atoms with Crippen molar-refractivity contribution in [1.82, 2.24) is 9.78 Å². The van der Waals surface area contributed by atoms with Crippen molar-refractivity contribution in [3.8, 4) is 11.4 Å². The first-order valence-corrected chi connectivity index (χ1v) is 9.49. The Balaban J connectivity index is 1.63. The Bertz CT molecular complexity index is 1150. The molecule has 0 spiro atoms. The predicted molar refractivity (Wildman–Crippen MR) is 113 cm³/mol. The molecule has 30 heavy (non-hydrogen) atoms. The van der Waals surface area contributed by atoms with Crippen LogP contribution in [0.5, 0.6) is 5.75 Å². The first-order chi connectivity index (χ1) is 14.6. The van der Waals surface area contributed by atoms with Crippen molar-refractivity contribution in [2.24, 2.45) is 0 Å². The summed E-state index contributed by atoms with van der Waals surface area (Å²) >= 11 is 0. The van der Waals surface area contributed by atoms with Gasteiger partial charge in [-0.1, -0.05) is 42.5 Å². The van der Waals surface area contributed by atoms with E-state index in [0.717, 1.165) is 11.1 Å². The van der Waals surface area contributed by atoms with Gasteiger partial charge in [0.05, 0.1) is 11.9 Å². The first kappa shape index (κ1) is 19.4. The zero-order chi connectivity index (χ0) is 20.9. The Morgan fingerprint density at radius 3 is 2.53 bits per heavy atom. The number of nitrogens with zero attached hydrogens (tertiary/aromatic N) is 2. The van der Waals surface area contributed by atoms with Gasteiger partial charge in [-0.15, -0.1) is 0 Å². The fourth-order valence-corrected chi connectivity index (χ4v) is 3.00. The van der Waals surface area contributed by atoms with E-state index in [1.54, 1.807) is 18.3 Å². The lowest BCUT2D eigenvalue weighted by Gasteiger charge is -2.07. The number of aromatic nitrogens is 2. The van der Waals surface area contributed by atoms with Crippen LogP contribution in [0.4, 0.5) is 10.1 Å². The molecule has 0 aliphatic rings. The molecule has 1 heterocycles. The van der Waals surface area contributed by atoms with Gasteiger partial charge in [-0.25, -0.2) is 9.07 Å². The van der Waals surface area contributed by atoms with Gasteiger partial charge in [-0.2, -0.15) is 5.10 Å². The lowest BCUT2D eigenvalue weighted by Crippen LogP contribution is -2.14. The number of anilines is 1. The third-order valence-electron chi connectivity index (χ3n) is 4.50. The van der Waals surface area contributed by atoms with Crippen LogP contribution < -0.4 is 10.1 Å². The van der Waals surface area contributed by atoms with Crippen LogP contribution in [0.15, 0.2) is 85.1 Å². The molecule has 6 heteroatoms. The highest BCUT2D eigenvalue weighted by molar-refractivity contribution is 6.04. The molecule has 0 bridgehead atoms. The van der Waals surface area contributed by atoms with E-state index in [9.17, 15) is 9.18 Å². The molecule has 3 aromatic carbocycles. The highest BCUT2D eigenvalue weighted by Crippen LogP contribution is 2.23. The number of halogens is 1. The zero-order valence-corrected chi connectivity index (χ0v) is 16.4. The Morgan fingerprint density at radius 1 is 1.03 bits per heavy atom. The van der Waals surface area contributed by atoms with Gasteiger partial charge >= 0.3 is 0 Å². The normalized spacial score (nSPS) is 10.6. The van der Waals surface area contributed by atoms with Crippen LogP contribution in [-0.2, 0) is 6.61 Å². The maximum absolute atomic E-state index is 13.3. The topological polar surface area (TPSA) is 56.2 Å². The Kier molecular flexibility index (Phi) is 5.57. The van der Waals surface area contributed by atoms with E-state index in [1.807, 2.05) is 61.5 Å². The quantitative estimate of drug-likeness (QED) is 0.486. The molecule has 1 N–H and O–H groups in total. The SMILES string of the molecule is Cc1cccc(NC(=O)c2nn(-c3ccc(F)cc3)cc2OCc2ccccc2)c1. The van der Waals surface area contributed by atoms with Crippen molar-refractivity contribution in [3.63, 3.8) is 0 Å². The maximum atomic E-state index is 13.3. The van der Waals surface area contributed by atoms with Gasteiger partial charge < -0.3 is 10.1 Å². The van der Waals surface area contributed by atoms with Gasteiger partial charge in [0.2, 0.25) is 0 Å². The lowest BCUT2D eigenvalue weighted by molar-refractivity contribution is 0.101. The van der Waals surface area contributed by atoms with Crippen LogP contribution in [-0.4, -0.2) is 15.7 Å². The predicted octanol–water partition coefficient (Wildman–Crippen LogP) is 5.15. The molecule has 4 aromatic rings. The summed E-state index contributed by atoms with van der Waals surface area (Å²) in [5.74, 6) is -0.387. The molecule has 0 aliphatic carbocycles. The number of benzene rings is 3. The Morgan fingerprint density at radius 2 is 1.80 bits per heavy atom. The number of aryl methyl sites for hydroxylation is 1. The summed E-state index contributed by atoms with van der Waals surface area (Å²) in [5.41, 5.74) is 3.44. The highest BCUT2D eigenvalue weighted by Gasteiger charge is 2.19. The average Bonchev–Trinajstić information content (AvgIpc) is 3.18. The second-order valence-electron chi connectivity index (χ2n) is 6.86. The number of amides is 1. The van der Waals surface area contributed by atoms with Gasteiger partial charge in [-0.05, 0) is 54.4 Å². The fourth-order valence-electron chi connectivity index (χ4n) is 3.00. The van der Waals surface area contributed by atoms with Crippen molar-refractivity contribution < 1.29 is 13.9 Å². The maximum Gasteiger partial charge on any atom is 0.280 e. The minimum absolute atomic E-state index is 0.150. The van der Waals surface area contributed by atoms with Crippen LogP contribution in [0.25, 0.3) is 5.69 Å². The van der Waals surface area contributed by atoms with Crippen molar-refractivity contribution in [1.29, 1.82) is 0 Å². The van der Waals surface area contributed by atoms with Crippen LogP contribution in [0.2, 0.25) is 0 Å². The molecule has 1 amide bonds. The minimum Gasteiger partial charge on any atom is -0.485 e. The molecular formula is C24H20FN3O2. The van der Waals surface area contributed by atoms with E-state index in [1.165, 1.54) is 16.8 Å². The van der Waals surface area contributed by atoms with E-state index < -0.39 is 0 Å². The summed E-state index contributed by atoms with van der Waals surface area (Å²) in [6.45, 7) is 2.24. The summed E-state index contributed by atoms with van der Waals surface area (Å²) in [4.78, 5) is 12.9. The van der Waals surface area contributed by atoms with E-state index in [-0.39, 0.29) is 17.4 Å². The average molecular weight is 401 g/mol. The number of rotatable bonds is 6. The van der Waals surface area contributed by atoms with Crippen molar-refractivity contribution in [2.45, 2.75) is 13.5 Å². The van der Waals surface area contributed by atoms with Crippen molar-refractivity contribution in [3.05, 3.63) is 108 Å². The van der Waals surface area contributed by atoms with Gasteiger partial charge in [0.1, 0.15) is 12.4 Å². The summed E-state index contributed by atoms with van der Waals surface area (Å²) < 4.78 is 20.7. The fraction of sp³-hybridized carbons (Fsp3) is 0.0833. The van der Waals surface area contributed by atoms with Crippen LogP contribution in [0.1, 0.15) is 21.6 Å². The minimum atomic E-state index is -0.385. The first-order valence-electron chi connectivity index (χ1n) is 9.49. The molecule has 0 aliphatic heterocycles. The standard InChI is InChI=1S/C24H20FN3O2/c1-17-6-5-9-20(14-17)26-24(29)23-22(30-16-18-7-3-2-4-8-18)15-28(27-23)21-12-10-19(25)11-13-21/h2-15H,16H2,1H3,(H,26,29). The number of carbonyl (C=O) groups is 1. The van der Waals surface area contributed by atoms with Gasteiger partial charge in [0, 0.05) is 5.69 Å². The molecule has 0 atom stereocenters. The van der Waals surface area contributed by atoms with Crippen LogP contribution in [0.3, 0.4) is 0 Å². The molecule has 0 saturated heterocycles. The molecule has 150 valence electrons. The Hall–Kier alpha value is -3.93. The van der Waals surface area contributed by atoms with E-state index in [4.69, 9.17) is 4.74 Å². The molecular weight excluding hydrogens is 381 g/mol. The van der Waals surface area contributed by atoms with Crippen molar-refractivity contribution in [2.75, 3.05) is 5.32 Å². The van der Waals surface area contributed by atoms with Crippen molar-refractivity contribution >= 4 is 11.6 Å². The zero-order valence-electron chi connectivity index (χ0n) is 16.4. The van der Waals surface area contributed by atoms with Gasteiger partial charge in [0.15, 0.2) is 11.4 Å². The number of ether oxygens (including phenoxy) is 1. The van der Waals surface area contributed by atoms with E-state index in [0.29, 0.717) is 23.7 Å². The molecule has 1 aromatic heterocycles. The second-order valence-corrected chi connectivity index (χ2v) is 6.86. The number of carbonyl (C=O) groups excluding carboxylic acids is 1. The molecule has 0 radical (unpaired) electrons. The van der Waals surface area contributed by atoms with Crippen LogP contribution >= 0.6 is 0 Å². The monoisotopic (exact) mass is 401 g/mol. The smallest absolute Gasteiger partial charge is 0.280 e.